The van der Waals surface area contributed by atoms with Crippen LogP contribution in [0, 0.1) is 23.7 Å². The van der Waals surface area contributed by atoms with E-state index >= 15 is 0 Å². The second kappa shape index (κ2) is 18.3. The fraction of sp³-hybridized carbons (Fsp3) is 0.471. The van der Waals surface area contributed by atoms with E-state index in [1.54, 1.807) is 0 Å². The maximum atomic E-state index is 11.8. The van der Waals surface area contributed by atoms with Crippen molar-refractivity contribution in [3.8, 4) is 23.7 Å². The Labute approximate surface area is 179 Å². The molecule has 0 spiro atoms. The quantitative estimate of drug-likeness (QED) is 0.273. The summed E-state index contributed by atoms with van der Waals surface area (Å²) in [4.78, 5) is 58.0. The van der Waals surface area contributed by atoms with Crippen LogP contribution in [0.4, 0.5) is 4.79 Å². The number of amides is 3. The summed E-state index contributed by atoms with van der Waals surface area (Å²) in [5, 5.41) is 16.5. The second-order valence-electron chi connectivity index (χ2n) is 4.29. The number of aliphatic hydroxyl groups excluding tert-OH is 2. The fourth-order valence-electron chi connectivity index (χ4n) is 1.25. The van der Waals surface area contributed by atoms with Gasteiger partial charge in [0.2, 0.25) is 11.6 Å². The van der Waals surface area contributed by atoms with Crippen LogP contribution in [-0.2, 0) is 23.9 Å². The number of Topliss-reactive ketones (excluding diaryl/α,β-unsaturated/α-hetero) is 2. The van der Waals surface area contributed by atoms with Crippen LogP contribution >= 0.6 is 31.9 Å². The van der Waals surface area contributed by atoms with Gasteiger partial charge in [0.25, 0.3) is 0 Å². The average molecular weight is 525 g/mol. The molecule has 11 heteroatoms. The molecule has 28 heavy (non-hydrogen) atoms. The van der Waals surface area contributed by atoms with Crippen LogP contribution in [0.25, 0.3) is 0 Å². The van der Waals surface area contributed by atoms with Crippen LogP contribution in [0.1, 0.15) is 19.8 Å². The number of halogens is 2. The molecule has 0 fully saturated rings. The van der Waals surface area contributed by atoms with Crippen LogP contribution in [0.15, 0.2) is 0 Å². The highest BCUT2D eigenvalue weighted by Crippen LogP contribution is 2.04. The maximum Gasteiger partial charge on any atom is 0.424 e. The minimum absolute atomic E-state index is 0.0422. The van der Waals surface area contributed by atoms with Gasteiger partial charge in [-0.3, -0.25) is 19.2 Å². The van der Waals surface area contributed by atoms with Gasteiger partial charge in [-0.15, -0.1) is 0 Å². The van der Waals surface area contributed by atoms with Crippen LogP contribution in [0.3, 0.4) is 0 Å². The molecule has 0 aromatic carbocycles. The summed E-state index contributed by atoms with van der Waals surface area (Å²) >= 11 is 5.92. The van der Waals surface area contributed by atoms with Gasteiger partial charge in [0.1, 0.15) is 13.2 Å². The van der Waals surface area contributed by atoms with E-state index in [1.165, 1.54) is 6.92 Å². The first-order valence-corrected chi connectivity index (χ1v) is 9.97. The molecule has 0 aliphatic carbocycles. The number of aliphatic hydroxyl groups is 2. The van der Waals surface area contributed by atoms with Gasteiger partial charge in [-0.05, 0) is 18.8 Å². The van der Waals surface area contributed by atoms with E-state index in [0.29, 0.717) is 0 Å². The average Bonchev–Trinajstić information content (AvgIpc) is 2.66. The molecule has 0 aromatic rings. The predicted octanol–water partition coefficient (Wildman–Crippen LogP) is 0.184. The molecule has 0 unspecified atom stereocenters. The Morgan fingerprint density at radius 2 is 1.25 bits per heavy atom. The van der Waals surface area contributed by atoms with Gasteiger partial charge < -0.3 is 14.9 Å². The predicted molar refractivity (Wildman–Crippen MR) is 105 cm³/mol. The molecule has 0 heterocycles. The number of carbonyl (C=O) groups excluding carboxylic acids is 5. The van der Waals surface area contributed by atoms with Crippen molar-refractivity contribution in [3.63, 3.8) is 0 Å². The molecule has 0 aliphatic rings. The van der Waals surface area contributed by atoms with Crippen molar-refractivity contribution < 1.29 is 38.9 Å². The number of hydrogen-bond acceptors (Lipinski definition) is 8. The number of imide groups is 3. The Morgan fingerprint density at radius 3 is 1.54 bits per heavy atom. The highest BCUT2D eigenvalue weighted by molar-refractivity contribution is 9.09. The van der Waals surface area contributed by atoms with Gasteiger partial charge in [-0.25, -0.2) is 4.79 Å². The van der Waals surface area contributed by atoms with Crippen molar-refractivity contribution in [1.82, 2.24) is 4.90 Å². The maximum absolute atomic E-state index is 11.8. The molecule has 154 valence electrons. The Kier molecular flexibility index (Phi) is 18.4. The minimum Gasteiger partial charge on any atom is -0.449 e. The lowest BCUT2D eigenvalue weighted by Crippen LogP contribution is -2.48. The zero-order valence-electron chi connectivity index (χ0n) is 15.0. The SMILES string of the molecule is CCOC(=O)N(C(=O)C(=O)CCBr)C(=O)C(=O)CCBr.OCC#CC#CCO. The van der Waals surface area contributed by atoms with Crippen molar-refractivity contribution in [2.24, 2.45) is 0 Å². The molecule has 9 nitrogen and oxygen atoms in total. The first kappa shape index (κ1) is 28.2. The molecule has 0 atom stereocenters. The van der Waals surface area contributed by atoms with Crippen molar-refractivity contribution in [2.45, 2.75) is 19.8 Å². The van der Waals surface area contributed by atoms with Crippen molar-refractivity contribution >= 4 is 61.3 Å². The summed E-state index contributed by atoms with van der Waals surface area (Å²) in [5.74, 6) is 4.58. The monoisotopic (exact) mass is 523 g/mol. The van der Waals surface area contributed by atoms with Gasteiger partial charge in [0.15, 0.2) is 0 Å². The van der Waals surface area contributed by atoms with Crippen LogP contribution < -0.4 is 0 Å². The summed E-state index contributed by atoms with van der Waals surface area (Å²) in [7, 11) is 0. The summed E-state index contributed by atoms with van der Waals surface area (Å²) in [6.45, 7) is 1.00. The molecular formula is C17H19Br2NO8. The Hall–Kier alpha value is -2.05. The highest BCUT2D eigenvalue weighted by atomic mass is 79.9. The number of rotatable bonds is 7. The van der Waals surface area contributed by atoms with E-state index in [4.69, 9.17) is 10.2 Å². The smallest absolute Gasteiger partial charge is 0.424 e. The Morgan fingerprint density at radius 1 is 0.857 bits per heavy atom. The third-order valence-corrected chi connectivity index (χ3v) is 3.17. The van der Waals surface area contributed by atoms with Crippen LogP contribution in [-0.4, -0.2) is 75.1 Å². The number of ketones is 2. The molecule has 0 radical (unpaired) electrons. The molecule has 2 N–H and O–H groups in total. The van der Waals surface area contributed by atoms with Gasteiger partial charge in [-0.2, -0.15) is 4.90 Å². The largest absolute Gasteiger partial charge is 0.449 e. The van der Waals surface area contributed by atoms with Gasteiger partial charge in [0, 0.05) is 23.5 Å². The minimum atomic E-state index is -1.36. The molecule has 0 rings (SSSR count). The molecule has 0 aromatic heterocycles. The van der Waals surface area contributed by atoms with E-state index in [2.05, 4.69) is 60.3 Å². The number of alkyl halides is 2. The molecule has 3 amide bonds. The van der Waals surface area contributed by atoms with E-state index in [1.807, 2.05) is 0 Å². The number of hydrogen-bond donors (Lipinski definition) is 2. The highest BCUT2D eigenvalue weighted by Gasteiger charge is 2.36. The van der Waals surface area contributed by atoms with Crippen LogP contribution in [0.2, 0.25) is 0 Å². The lowest BCUT2D eigenvalue weighted by molar-refractivity contribution is -0.153. The third-order valence-electron chi connectivity index (χ3n) is 2.37. The lowest BCUT2D eigenvalue weighted by Gasteiger charge is -2.16. The molecule has 0 aliphatic heterocycles. The summed E-state index contributed by atoms with van der Waals surface area (Å²) in [6, 6.07) is 0. The molecule has 0 bridgehead atoms. The van der Waals surface area contributed by atoms with E-state index in [0.717, 1.165) is 0 Å². The summed E-state index contributed by atoms with van der Waals surface area (Å²) in [5.41, 5.74) is 0. The second-order valence-corrected chi connectivity index (χ2v) is 5.87. The van der Waals surface area contributed by atoms with Crippen molar-refractivity contribution in [1.29, 1.82) is 0 Å². The molecule has 0 saturated heterocycles. The third kappa shape index (κ3) is 12.4. The lowest BCUT2D eigenvalue weighted by atomic mass is 10.2. The fourth-order valence-corrected chi connectivity index (χ4v) is 1.97. The topological polar surface area (TPSA) is 138 Å². The Bertz CT molecular complexity index is 635. The molecule has 0 saturated carbocycles. The van der Waals surface area contributed by atoms with E-state index in [9.17, 15) is 24.0 Å². The van der Waals surface area contributed by atoms with Crippen molar-refractivity contribution in [3.05, 3.63) is 0 Å². The summed E-state index contributed by atoms with van der Waals surface area (Å²) < 4.78 is 4.52. The van der Waals surface area contributed by atoms with Gasteiger partial charge in [0.05, 0.1) is 6.61 Å². The zero-order valence-corrected chi connectivity index (χ0v) is 18.2. The number of ether oxygens (including phenoxy) is 1. The van der Waals surface area contributed by atoms with Gasteiger partial charge in [-0.1, -0.05) is 43.7 Å². The standard InChI is InChI=1S/C11H13Br2NO6.C6H6O2/c1-2-20-11(19)14(9(17)7(15)3-5-12)10(18)8(16)4-6-13;7-5-3-1-2-4-6-8/h2-6H2,1H3;7-8H,5-6H2. The van der Waals surface area contributed by atoms with E-state index < -0.39 is 29.5 Å². The zero-order chi connectivity index (χ0) is 21.9. The van der Waals surface area contributed by atoms with E-state index in [-0.39, 0.29) is 48.2 Å². The first-order valence-electron chi connectivity index (χ1n) is 7.72. The molecular weight excluding hydrogens is 506 g/mol. The normalized spacial score (nSPS) is 8.61. The van der Waals surface area contributed by atoms with Gasteiger partial charge >= 0.3 is 17.9 Å². The Balaban J connectivity index is 0. The van der Waals surface area contributed by atoms with Crippen LogP contribution in [0.5, 0.6) is 0 Å². The summed E-state index contributed by atoms with van der Waals surface area (Å²) in [6.07, 6.45) is -1.73. The number of nitrogens with zero attached hydrogens (tertiary/aromatic N) is 1. The number of carbonyl (C=O) groups is 5. The van der Waals surface area contributed by atoms with Crippen molar-refractivity contribution in [2.75, 3.05) is 30.5 Å². The first-order chi connectivity index (χ1) is 13.3.